The molecule has 0 atom stereocenters. The number of ether oxygens (including phenoxy) is 1. The largest absolute Gasteiger partial charge is 0.462 e. The summed E-state index contributed by atoms with van der Waals surface area (Å²) in [6.45, 7) is 2.12. The molecule has 0 aliphatic rings. The highest BCUT2D eigenvalue weighted by atomic mass is 16.5. The fourth-order valence-corrected chi connectivity index (χ4v) is 1.04. The van der Waals surface area contributed by atoms with Gasteiger partial charge in [0.15, 0.2) is 0 Å². The number of aliphatic imine (C=N–C) groups is 1. The second kappa shape index (κ2) is 5.77. The molecule has 0 radical (unpaired) electrons. The molecule has 15 heavy (non-hydrogen) atoms. The number of nitrogens with one attached hydrogen (secondary N) is 1. The molecule has 0 aliphatic carbocycles. The van der Waals surface area contributed by atoms with Gasteiger partial charge in [0.05, 0.1) is 17.9 Å². The van der Waals surface area contributed by atoms with E-state index in [9.17, 15) is 4.79 Å². The molecule has 0 spiro atoms. The van der Waals surface area contributed by atoms with E-state index in [4.69, 9.17) is 10.6 Å². The Bertz CT molecular complexity index is 363. The van der Waals surface area contributed by atoms with Crippen molar-refractivity contribution in [1.29, 1.82) is 0 Å². The molecular formula is C10H13N3O2. The number of hydrogen-bond acceptors (Lipinski definition) is 4. The molecule has 0 saturated heterocycles. The van der Waals surface area contributed by atoms with E-state index < -0.39 is 0 Å². The molecule has 0 aliphatic heterocycles. The molecule has 0 heterocycles. The first-order chi connectivity index (χ1) is 7.27. The first-order valence-electron chi connectivity index (χ1n) is 4.53. The number of esters is 1. The lowest BCUT2D eigenvalue weighted by Gasteiger charge is -2.01. The molecule has 1 rings (SSSR count). The van der Waals surface area contributed by atoms with Crippen LogP contribution in [0.5, 0.6) is 0 Å². The molecule has 5 heteroatoms. The minimum absolute atomic E-state index is 0.352. The van der Waals surface area contributed by atoms with Crippen molar-refractivity contribution in [2.45, 2.75) is 6.92 Å². The quantitative estimate of drug-likeness (QED) is 0.254. The molecule has 1 aromatic carbocycles. The Morgan fingerprint density at radius 2 is 2.47 bits per heavy atom. The van der Waals surface area contributed by atoms with Crippen LogP contribution >= 0.6 is 0 Å². The number of carbonyl (C=O) groups excluding carboxylic acids is 1. The van der Waals surface area contributed by atoms with Gasteiger partial charge in [0.1, 0.15) is 6.34 Å². The highest BCUT2D eigenvalue weighted by Crippen LogP contribution is 2.14. The van der Waals surface area contributed by atoms with Gasteiger partial charge < -0.3 is 10.2 Å². The number of hydrazine groups is 1. The van der Waals surface area contributed by atoms with E-state index in [1.54, 1.807) is 31.2 Å². The molecular weight excluding hydrogens is 194 g/mol. The second-order valence-electron chi connectivity index (χ2n) is 2.70. The normalized spacial score (nSPS) is 10.3. The van der Waals surface area contributed by atoms with Crippen LogP contribution in [0.4, 0.5) is 5.69 Å². The van der Waals surface area contributed by atoms with Crippen LogP contribution < -0.4 is 11.3 Å². The van der Waals surface area contributed by atoms with Crippen LogP contribution in [-0.4, -0.2) is 18.9 Å². The minimum atomic E-state index is -0.352. The zero-order chi connectivity index (χ0) is 11.1. The van der Waals surface area contributed by atoms with Gasteiger partial charge >= 0.3 is 5.97 Å². The van der Waals surface area contributed by atoms with Crippen LogP contribution in [-0.2, 0) is 4.74 Å². The van der Waals surface area contributed by atoms with Crippen molar-refractivity contribution in [3.8, 4) is 0 Å². The summed E-state index contributed by atoms with van der Waals surface area (Å²) in [4.78, 5) is 15.3. The monoisotopic (exact) mass is 207 g/mol. The van der Waals surface area contributed by atoms with Crippen LogP contribution in [0, 0.1) is 0 Å². The molecule has 5 nitrogen and oxygen atoms in total. The molecule has 0 fully saturated rings. The van der Waals surface area contributed by atoms with Crippen LogP contribution in [0.3, 0.4) is 0 Å². The van der Waals surface area contributed by atoms with Gasteiger partial charge in [0.2, 0.25) is 0 Å². The smallest absolute Gasteiger partial charge is 0.338 e. The highest BCUT2D eigenvalue weighted by molar-refractivity contribution is 5.90. The maximum Gasteiger partial charge on any atom is 0.338 e. The fraction of sp³-hybridized carbons (Fsp3) is 0.200. The predicted molar refractivity (Wildman–Crippen MR) is 57.9 cm³/mol. The SMILES string of the molecule is CCOC(=O)c1cccc(N=CNN)c1. The molecule has 0 saturated carbocycles. The topological polar surface area (TPSA) is 76.7 Å². The van der Waals surface area contributed by atoms with Crippen molar-refractivity contribution >= 4 is 18.0 Å². The highest BCUT2D eigenvalue weighted by Gasteiger charge is 2.05. The predicted octanol–water partition coefficient (Wildman–Crippen LogP) is 0.986. The first kappa shape index (κ1) is 11.2. The van der Waals surface area contributed by atoms with Crippen LogP contribution in [0.25, 0.3) is 0 Å². The lowest BCUT2D eigenvalue weighted by Crippen LogP contribution is -2.18. The average Bonchev–Trinajstić information content (AvgIpc) is 2.27. The number of nitrogens with two attached hydrogens (primary N) is 1. The zero-order valence-corrected chi connectivity index (χ0v) is 8.43. The maximum atomic E-state index is 11.4. The molecule has 0 bridgehead atoms. The van der Waals surface area contributed by atoms with E-state index in [-0.39, 0.29) is 5.97 Å². The van der Waals surface area contributed by atoms with E-state index in [2.05, 4.69) is 10.4 Å². The van der Waals surface area contributed by atoms with Gasteiger partial charge in [-0.2, -0.15) is 0 Å². The van der Waals surface area contributed by atoms with E-state index in [1.165, 1.54) is 6.34 Å². The summed E-state index contributed by atoms with van der Waals surface area (Å²) in [7, 11) is 0. The summed E-state index contributed by atoms with van der Waals surface area (Å²) < 4.78 is 4.86. The Morgan fingerprint density at radius 3 is 3.13 bits per heavy atom. The van der Waals surface area contributed by atoms with Crippen LogP contribution in [0.15, 0.2) is 29.3 Å². The van der Waals surface area contributed by atoms with Crippen molar-refractivity contribution in [2.75, 3.05) is 6.61 Å². The Balaban J connectivity index is 2.82. The third-order valence-electron chi connectivity index (χ3n) is 1.65. The fourth-order valence-electron chi connectivity index (χ4n) is 1.04. The molecule has 0 amide bonds. The van der Waals surface area contributed by atoms with Gasteiger partial charge in [-0.3, -0.25) is 0 Å². The molecule has 0 aromatic heterocycles. The van der Waals surface area contributed by atoms with Gasteiger partial charge in [0, 0.05) is 0 Å². The Morgan fingerprint density at radius 1 is 1.67 bits per heavy atom. The minimum Gasteiger partial charge on any atom is -0.462 e. The standard InChI is InChI=1S/C10H13N3O2/c1-2-15-10(14)8-4-3-5-9(6-8)12-7-13-11/h3-7H,2,11H2,1H3,(H,12,13). The van der Waals surface area contributed by atoms with Gasteiger partial charge in [-0.25, -0.2) is 15.6 Å². The summed E-state index contributed by atoms with van der Waals surface area (Å²) in [5.74, 6) is 4.68. The Labute approximate surface area is 87.9 Å². The number of carbonyl (C=O) groups is 1. The second-order valence-corrected chi connectivity index (χ2v) is 2.70. The van der Waals surface area contributed by atoms with Gasteiger partial charge in [-0.1, -0.05) is 6.07 Å². The van der Waals surface area contributed by atoms with E-state index in [0.717, 1.165) is 0 Å². The van der Waals surface area contributed by atoms with Crippen molar-refractivity contribution in [3.63, 3.8) is 0 Å². The van der Waals surface area contributed by atoms with Crippen molar-refractivity contribution in [1.82, 2.24) is 5.43 Å². The van der Waals surface area contributed by atoms with Gasteiger partial charge in [0.25, 0.3) is 0 Å². The molecule has 3 N–H and O–H groups in total. The van der Waals surface area contributed by atoms with Crippen molar-refractivity contribution < 1.29 is 9.53 Å². The van der Waals surface area contributed by atoms with Gasteiger partial charge in [-0.15, -0.1) is 0 Å². The number of nitrogens with zero attached hydrogens (tertiary/aromatic N) is 1. The summed E-state index contributed by atoms with van der Waals surface area (Å²) in [6, 6.07) is 6.80. The van der Waals surface area contributed by atoms with Crippen molar-refractivity contribution in [3.05, 3.63) is 29.8 Å². The summed E-state index contributed by atoms with van der Waals surface area (Å²) in [5.41, 5.74) is 3.40. The van der Waals surface area contributed by atoms with E-state index >= 15 is 0 Å². The summed E-state index contributed by atoms with van der Waals surface area (Å²) in [5, 5.41) is 0. The summed E-state index contributed by atoms with van der Waals surface area (Å²) >= 11 is 0. The number of hydrogen-bond donors (Lipinski definition) is 2. The molecule has 80 valence electrons. The Hall–Kier alpha value is -1.88. The number of benzene rings is 1. The third kappa shape index (κ3) is 3.40. The molecule has 0 unspecified atom stereocenters. The first-order valence-corrected chi connectivity index (χ1v) is 4.53. The lowest BCUT2D eigenvalue weighted by atomic mass is 10.2. The molecule has 1 aromatic rings. The zero-order valence-electron chi connectivity index (χ0n) is 8.43. The average molecular weight is 207 g/mol. The van der Waals surface area contributed by atoms with Crippen LogP contribution in [0.2, 0.25) is 0 Å². The summed E-state index contributed by atoms with van der Waals surface area (Å²) in [6.07, 6.45) is 1.34. The Kier molecular flexibility index (Phi) is 4.30. The third-order valence-corrected chi connectivity index (χ3v) is 1.65. The van der Waals surface area contributed by atoms with Crippen molar-refractivity contribution in [2.24, 2.45) is 10.8 Å². The van der Waals surface area contributed by atoms with E-state index in [1.807, 2.05) is 0 Å². The van der Waals surface area contributed by atoms with Gasteiger partial charge in [-0.05, 0) is 25.1 Å². The maximum absolute atomic E-state index is 11.4. The van der Waals surface area contributed by atoms with Crippen LogP contribution in [0.1, 0.15) is 17.3 Å². The van der Waals surface area contributed by atoms with E-state index in [0.29, 0.717) is 17.9 Å². The number of rotatable bonds is 4. The lowest BCUT2D eigenvalue weighted by molar-refractivity contribution is 0.0526.